The topological polar surface area (TPSA) is 49.3 Å². The molecule has 4 rings (SSSR count). The summed E-state index contributed by atoms with van der Waals surface area (Å²) >= 11 is 0. The summed E-state index contributed by atoms with van der Waals surface area (Å²) in [4.78, 5) is 26.7. The van der Waals surface area contributed by atoms with Crippen molar-refractivity contribution in [3.63, 3.8) is 0 Å². The van der Waals surface area contributed by atoms with E-state index in [-0.39, 0.29) is 5.91 Å². The minimum absolute atomic E-state index is 0.0689. The van der Waals surface area contributed by atoms with Crippen LogP contribution in [-0.4, -0.2) is 36.0 Å². The molecule has 0 saturated heterocycles. The maximum atomic E-state index is 13.2. The van der Waals surface area contributed by atoms with Gasteiger partial charge in [0.25, 0.3) is 0 Å². The molecule has 1 aliphatic heterocycles. The molecule has 1 amide bonds. The molecule has 1 aromatic heterocycles. The largest absolute Gasteiger partial charge is 0.357 e. The van der Waals surface area contributed by atoms with Crippen LogP contribution in [0, 0.1) is 13.8 Å². The summed E-state index contributed by atoms with van der Waals surface area (Å²) < 4.78 is 0. The van der Waals surface area contributed by atoms with Crippen molar-refractivity contribution in [2.45, 2.75) is 26.7 Å². The van der Waals surface area contributed by atoms with E-state index in [4.69, 9.17) is 9.97 Å². The van der Waals surface area contributed by atoms with Gasteiger partial charge < -0.3 is 4.90 Å². The van der Waals surface area contributed by atoms with Crippen molar-refractivity contribution in [3.8, 4) is 0 Å². The minimum Gasteiger partial charge on any atom is -0.357 e. The van der Waals surface area contributed by atoms with Crippen LogP contribution in [0.15, 0.2) is 42.5 Å². The molecule has 0 aliphatic carbocycles. The number of fused-ring (bicyclic) bond motifs is 2. The molecular formula is C22H24N4O. The van der Waals surface area contributed by atoms with E-state index in [1.165, 1.54) is 11.1 Å². The van der Waals surface area contributed by atoms with Gasteiger partial charge in [0.2, 0.25) is 5.91 Å². The van der Waals surface area contributed by atoms with Crippen LogP contribution >= 0.6 is 0 Å². The molecule has 0 unspecified atom stereocenters. The highest BCUT2D eigenvalue weighted by molar-refractivity contribution is 5.97. The summed E-state index contributed by atoms with van der Waals surface area (Å²) in [5, 5.41) is 0. The Hall–Kier alpha value is -2.95. The number of anilines is 2. The van der Waals surface area contributed by atoms with E-state index in [0.29, 0.717) is 18.8 Å². The maximum Gasteiger partial charge on any atom is 0.232 e. The second kappa shape index (κ2) is 6.99. The summed E-state index contributed by atoms with van der Waals surface area (Å²) in [5.41, 5.74) is 5.16. The molecule has 0 fully saturated rings. The van der Waals surface area contributed by atoms with Gasteiger partial charge >= 0.3 is 0 Å². The number of aryl methyl sites for hydroxylation is 2. The zero-order valence-corrected chi connectivity index (χ0v) is 16.1. The van der Waals surface area contributed by atoms with Crippen molar-refractivity contribution >= 4 is 28.6 Å². The van der Waals surface area contributed by atoms with E-state index < -0.39 is 0 Å². The molecular weight excluding hydrogens is 336 g/mol. The molecule has 3 aromatic rings. The molecule has 5 heteroatoms. The first-order valence-corrected chi connectivity index (χ1v) is 9.37. The van der Waals surface area contributed by atoms with E-state index in [9.17, 15) is 4.79 Å². The number of hydrogen-bond acceptors (Lipinski definition) is 4. The number of carbonyl (C=O) groups excluding carboxylic acids is 1. The van der Waals surface area contributed by atoms with Crippen LogP contribution in [0.2, 0.25) is 0 Å². The lowest BCUT2D eigenvalue weighted by Crippen LogP contribution is -2.33. The third-order valence-electron chi connectivity index (χ3n) is 5.25. The molecule has 2 heterocycles. The van der Waals surface area contributed by atoms with Crippen LogP contribution in [0.5, 0.6) is 0 Å². The average Bonchev–Trinajstić information content (AvgIpc) is 2.82. The Morgan fingerprint density at radius 3 is 2.37 bits per heavy atom. The van der Waals surface area contributed by atoms with Crippen LogP contribution < -0.4 is 9.80 Å². The molecule has 0 saturated carbocycles. The fourth-order valence-corrected chi connectivity index (χ4v) is 3.52. The molecule has 0 radical (unpaired) electrons. The number of nitrogens with zero attached hydrogens (tertiary/aromatic N) is 4. The van der Waals surface area contributed by atoms with Crippen molar-refractivity contribution in [1.82, 2.24) is 9.97 Å². The molecule has 27 heavy (non-hydrogen) atoms. The van der Waals surface area contributed by atoms with Crippen molar-refractivity contribution in [1.29, 1.82) is 0 Å². The fourth-order valence-electron chi connectivity index (χ4n) is 3.52. The van der Waals surface area contributed by atoms with Gasteiger partial charge in [0.05, 0.1) is 17.5 Å². The van der Waals surface area contributed by atoms with E-state index in [0.717, 1.165) is 35.4 Å². The Morgan fingerprint density at radius 2 is 1.67 bits per heavy atom. The Labute approximate surface area is 159 Å². The molecule has 5 nitrogen and oxygen atoms in total. The average molecular weight is 360 g/mol. The highest BCUT2D eigenvalue weighted by atomic mass is 16.2. The molecule has 2 aromatic carbocycles. The highest BCUT2D eigenvalue weighted by Gasteiger charge is 2.26. The first-order chi connectivity index (χ1) is 13.0. The van der Waals surface area contributed by atoms with Gasteiger partial charge in [-0.25, -0.2) is 9.97 Å². The molecule has 0 N–H and O–H groups in total. The van der Waals surface area contributed by atoms with Crippen molar-refractivity contribution < 1.29 is 4.79 Å². The highest BCUT2D eigenvalue weighted by Crippen LogP contribution is 2.30. The van der Waals surface area contributed by atoms with Gasteiger partial charge in [0, 0.05) is 20.1 Å². The maximum absolute atomic E-state index is 13.2. The van der Waals surface area contributed by atoms with Crippen molar-refractivity contribution in [2.75, 3.05) is 29.9 Å². The van der Waals surface area contributed by atoms with E-state index in [2.05, 4.69) is 30.9 Å². The first-order valence-electron chi connectivity index (χ1n) is 9.37. The lowest BCUT2D eigenvalue weighted by Gasteiger charge is -2.23. The molecule has 0 spiro atoms. The van der Waals surface area contributed by atoms with Gasteiger partial charge in [-0.1, -0.05) is 30.3 Å². The normalized spacial score (nSPS) is 14.2. The Balaban J connectivity index is 1.72. The number of para-hydroxylation sites is 2. The minimum atomic E-state index is 0.0689. The second-order valence-corrected chi connectivity index (χ2v) is 7.28. The number of hydrogen-bond donors (Lipinski definition) is 0. The molecule has 0 atom stereocenters. The summed E-state index contributed by atoms with van der Waals surface area (Å²) in [6, 6.07) is 14.0. The summed E-state index contributed by atoms with van der Waals surface area (Å²) in [6.45, 7) is 5.68. The third kappa shape index (κ3) is 3.37. The van der Waals surface area contributed by atoms with Crippen LogP contribution in [0.25, 0.3) is 11.0 Å². The number of benzene rings is 2. The summed E-state index contributed by atoms with van der Waals surface area (Å²) in [7, 11) is 2.01. The number of aromatic nitrogens is 2. The lowest BCUT2D eigenvalue weighted by atomic mass is 10.0. The van der Waals surface area contributed by atoms with Gasteiger partial charge in [-0.2, -0.15) is 0 Å². The van der Waals surface area contributed by atoms with Gasteiger partial charge in [-0.3, -0.25) is 9.69 Å². The van der Waals surface area contributed by atoms with Crippen LogP contribution in [0.4, 0.5) is 11.6 Å². The smallest absolute Gasteiger partial charge is 0.232 e. The summed E-state index contributed by atoms with van der Waals surface area (Å²) in [5.74, 6) is 1.52. The van der Waals surface area contributed by atoms with Crippen LogP contribution in [-0.2, 0) is 11.2 Å². The summed E-state index contributed by atoms with van der Waals surface area (Å²) in [6.07, 6.45) is 1.27. The van der Waals surface area contributed by atoms with Gasteiger partial charge in [-0.15, -0.1) is 0 Å². The van der Waals surface area contributed by atoms with Crippen molar-refractivity contribution in [2.24, 2.45) is 0 Å². The predicted octanol–water partition coefficient (Wildman–Crippen LogP) is 3.66. The van der Waals surface area contributed by atoms with E-state index >= 15 is 0 Å². The molecule has 0 bridgehead atoms. The van der Waals surface area contributed by atoms with Gasteiger partial charge in [-0.05, 0) is 49.1 Å². The third-order valence-corrected chi connectivity index (χ3v) is 5.25. The van der Waals surface area contributed by atoms with E-state index in [1.807, 2.05) is 42.3 Å². The fraction of sp³-hybridized carbons (Fsp3) is 0.318. The number of rotatable bonds is 2. The molecule has 138 valence electrons. The quantitative estimate of drug-likeness (QED) is 0.700. The first kappa shape index (κ1) is 17.5. The Morgan fingerprint density at radius 1 is 0.963 bits per heavy atom. The molecule has 1 aliphatic rings. The van der Waals surface area contributed by atoms with Crippen molar-refractivity contribution in [3.05, 3.63) is 59.2 Å². The monoisotopic (exact) mass is 360 g/mol. The Kier molecular flexibility index (Phi) is 4.52. The van der Waals surface area contributed by atoms with Crippen LogP contribution in [0.3, 0.4) is 0 Å². The number of amides is 1. The number of carbonyl (C=O) groups is 1. The lowest BCUT2D eigenvalue weighted by molar-refractivity contribution is -0.118. The van der Waals surface area contributed by atoms with Crippen LogP contribution in [0.1, 0.15) is 23.1 Å². The second-order valence-electron chi connectivity index (χ2n) is 7.28. The Bertz CT molecular complexity index is 1010. The SMILES string of the molecule is Cc1ccc(CC(=O)N2CCCN(C)c3nc4ccccc4nc32)cc1C. The van der Waals surface area contributed by atoms with Gasteiger partial charge in [0.15, 0.2) is 11.6 Å². The predicted molar refractivity (Wildman–Crippen MR) is 109 cm³/mol. The standard InChI is InChI=1S/C22H24N4O/c1-15-9-10-17(13-16(15)2)14-20(27)26-12-6-11-25(3)21-22(26)24-19-8-5-4-7-18(19)23-21/h4-5,7-10,13H,6,11-12,14H2,1-3H3. The van der Waals surface area contributed by atoms with Gasteiger partial charge in [0.1, 0.15) is 0 Å². The zero-order chi connectivity index (χ0) is 19.0. The van der Waals surface area contributed by atoms with E-state index in [1.54, 1.807) is 0 Å². The zero-order valence-electron chi connectivity index (χ0n) is 16.1.